The van der Waals surface area contributed by atoms with Crippen LogP contribution in [0.3, 0.4) is 0 Å². The summed E-state index contributed by atoms with van der Waals surface area (Å²) in [5.41, 5.74) is 1.95. The summed E-state index contributed by atoms with van der Waals surface area (Å²) in [4.78, 5) is 12.3. The maximum atomic E-state index is 11.8. The molecule has 1 atom stereocenters. The Morgan fingerprint density at radius 1 is 1.29 bits per heavy atom. The quantitative estimate of drug-likeness (QED) is 0.723. The number of carbonyl (C=O) groups excluding carboxylic acids is 1. The summed E-state index contributed by atoms with van der Waals surface area (Å²) >= 11 is 3.71. The van der Waals surface area contributed by atoms with Crippen molar-refractivity contribution >= 4 is 27.5 Å². The van der Waals surface area contributed by atoms with E-state index >= 15 is 0 Å². The first-order chi connectivity index (χ1) is 9.85. The molecule has 1 N–H and O–H groups in total. The number of alkyl halides is 1. The van der Waals surface area contributed by atoms with E-state index in [0.29, 0.717) is 17.4 Å². The van der Waals surface area contributed by atoms with Gasteiger partial charge in [-0.1, -0.05) is 49.7 Å². The number of benzene rings is 1. The molecule has 0 radical (unpaired) electrons. The molecular formula is C17H26BrNO2. The number of hydrogen-bond donors (Lipinski definition) is 1. The van der Waals surface area contributed by atoms with Crippen molar-refractivity contribution in [2.24, 2.45) is 11.8 Å². The highest BCUT2D eigenvalue weighted by molar-refractivity contribution is 9.09. The molecule has 1 aromatic carbocycles. The molecule has 0 aliphatic rings. The molecule has 118 valence electrons. The highest BCUT2D eigenvalue weighted by Gasteiger charge is 2.14. The lowest BCUT2D eigenvalue weighted by molar-refractivity contribution is -0.118. The SMILES string of the molecule is CCOc1cc(CC(Br)C(C)C)ccc1NC(=O)C(C)C. The fraction of sp³-hybridized carbons (Fsp3) is 0.588. The van der Waals surface area contributed by atoms with Gasteiger partial charge in [-0.05, 0) is 37.0 Å². The molecule has 0 bridgehead atoms. The Morgan fingerprint density at radius 3 is 2.48 bits per heavy atom. The Labute approximate surface area is 136 Å². The smallest absolute Gasteiger partial charge is 0.227 e. The van der Waals surface area contributed by atoms with E-state index in [1.165, 1.54) is 5.56 Å². The lowest BCUT2D eigenvalue weighted by atomic mass is 10.0. The van der Waals surface area contributed by atoms with E-state index in [4.69, 9.17) is 4.74 Å². The third-order valence-electron chi connectivity index (χ3n) is 3.28. The number of rotatable bonds is 7. The molecule has 0 fully saturated rings. The highest BCUT2D eigenvalue weighted by atomic mass is 79.9. The standard InChI is InChI=1S/C17H26BrNO2/c1-6-21-16-10-13(9-14(18)11(2)3)7-8-15(16)19-17(20)12(4)5/h7-8,10-12,14H,6,9H2,1-5H3,(H,19,20). The molecule has 0 heterocycles. The van der Waals surface area contributed by atoms with Gasteiger partial charge in [0, 0.05) is 10.7 Å². The van der Waals surface area contributed by atoms with Gasteiger partial charge in [0.15, 0.2) is 0 Å². The fourth-order valence-corrected chi connectivity index (χ4v) is 2.18. The van der Waals surface area contributed by atoms with Gasteiger partial charge in [0.05, 0.1) is 12.3 Å². The first kappa shape index (κ1) is 18.0. The van der Waals surface area contributed by atoms with Gasteiger partial charge < -0.3 is 10.1 Å². The summed E-state index contributed by atoms with van der Waals surface area (Å²) in [7, 11) is 0. The summed E-state index contributed by atoms with van der Waals surface area (Å²) in [5.74, 6) is 1.27. The number of carbonyl (C=O) groups is 1. The summed E-state index contributed by atoms with van der Waals surface area (Å²) in [6, 6.07) is 6.01. The third-order valence-corrected chi connectivity index (χ3v) is 4.66. The van der Waals surface area contributed by atoms with E-state index in [1.807, 2.05) is 32.9 Å². The summed E-state index contributed by atoms with van der Waals surface area (Å²) in [6.07, 6.45) is 0.941. The molecule has 3 nitrogen and oxygen atoms in total. The van der Waals surface area contributed by atoms with E-state index in [9.17, 15) is 4.79 Å². The largest absolute Gasteiger partial charge is 0.492 e. The van der Waals surface area contributed by atoms with Gasteiger partial charge >= 0.3 is 0 Å². The summed E-state index contributed by atoms with van der Waals surface area (Å²) in [6.45, 7) is 10.7. The summed E-state index contributed by atoms with van der Waals surface area (Å²) in [5, 5.41) is 2.92. The molecule has 0 aliphatic heterocycles. The predicted octanol–water partition coefficient (Wildman–Crippen LogP) is 4.64. The van der Waals surface area contributed by atoms with E-state index in [0.717, 1.165) is 17.9 Å². The summed E-state index contributed by atoms with van der Waals surface area (Å²) < 4.78 is 5.67. The van der Waals surface area contributed by atoms with Crippen LogP contribution in [0.15, 0.2) is 18.2 Å². The van der Waals surface area contributed by atoms with Crippen molar-refractivity contribution in [3.8, 4) is 5.75 Å². The van der Waals surface area contributed by atoms with Crippen LogP contribution >= 0.6 is 15.9 Å². The Morgan fingerprint density at radius 2 is 1.95 bits per heavy atom. The fourth-order valence-electron chi connectivity index (χ4n) is 1.81. The van der Waals surface area contributed by atoms with Crippen LogP contribution < -0.4 is 10.1 Å². The zero-order valence-corrected chi connectivity index (χ0v) is 15.2. The maximum Gasteiger partial charge on any atom is 0.227 e. The normalized spacial score (nSPS) is 12.6. The molecule has 1 unspecified atom stereocenters. The zero-order valence-electron chi connectivity index (χ0n) is 13.6. The molecule has 4 heteroatoms. The molecule has 0 spiro atoms. The Bertz CT molecular complexity index is 472. The minimum atomic E-state index is -0.0491. The van der Waals surface area contributed by atoms with E-state index in [1.54, 1.807) is 0 Å². The van der Waals surface area contributed by atoms with Crippen LogP contribution in [0.25, 0.3) is 0 Å². The van der Waals surface area contributed by atoms with Crippen molar-refractivity contribution in [3.05, 3.63) is 23.8 Å². The topological polar surface area (TPSA) is 38.3 Å². The Hall–Kier alpha value is -1.03. The zero-order chi connectivity index (χ0) is 16.0. The number of halogens is 1. The van der Waals surface area contributed by atoms with Crippen LogP contribution in [0.5, 0.6) is 5.75 Å². The number of hydrogen-bond acceptors (Lipinski definition) is 2. The molecule has 0 aliphatic carbocycles. The monoisotopic (exact) mass is 355 g/mol. The van der Waals surface area contributed by atoms with Crippen LogP contribution in [0.1, 0.15) is 40.2 Å². The van der Waals surface area contributed by atoms with Crippen molar-refractivity contribution in [3.63, 3.8) is 0 Å². The molecule has 0 saturated heterocycles. The number of amides is 1. The predicted molar refractivity (Wildman–Crippen MR) is 92.3 cm³/mol. The van der Waals surface area contributed by atoms with Crippen molar-refractivity contribution in [2.75, 3.05) is 11.9 Å². The van der Waals surface area contributed by atoms with E-state index < -0.39 is 0 Å². The van der Waals surface area contributed by atoms with Crippen LogP contribution in [0.4, 0.5) is 5.69 Å². The van der Waals surface area contributed by atoms with Crippen LogP contribution in [-0.2, 0) is 11.2 Å². The second kappa shape index (κ2) is 8.42. The minimum Gasteiger partial charge on any atom is -0.492 e. The molecule has 1 rings (SSSR count). The average molecular weight is 356 g/mol. The van der Waals surface area contributed by atoms with Crippen molar-refractivity contribution < 1.29 is 9.53 Å². The van der Waals surface area contributed by atoms with Gasteiger partial charge in [-0.25, -0.2) is 0 Å². The van der Waals surface area contributed by atoms with Gasteiger partial charge in [-0.15, -0.1) is 0 Å². The second-order valence-corrected chi connectivity index (χ2v) is 7.05. The van der Waals surface area contributed by atoms with Crippen molar-refractivity contribution in [2.45, 2.75) is 45.9 Å². The average Bonchev–Trinajstić information content (AvgIpc) is 2.41. The van der Waals surface area contributed by atoms with Crippen LogP contribution in [-0.4, -0.2) is 17.3 Å². The highest BCUT2D eigenvalue weighted by Crippen LogP contribution is 2.28. The first-order valence-corrected chi connectivity index (χ1v) is 8.47. The Kier molecular flexibility index (Phi) is 7.23. The molecule has 0 saturated carbocycles. The molecule has 1 amide bonds. The second-order valence-electron chi connectivity index (χ2n) is 5.87. The van der Waals surface area contributed by atoms with Crippen molar-refractivity contribution in [1.29, 1.82) is 0 Å². The van der Waals surface area contributed by atoms with Gasteiger partial charge in [-0.3, -0.25) is 4.79 Å². The lowest BCUT2D eigenvalue weighted by Crippen LogP contribution is -2.18. The van der Waals surface area contributed by atoms with E-state index in [-0.39, 0.29) is 11.8 Å². The maximum absolute atomic E-state index is 11.8. The van der Waals surface area contributed by atoms with Crippen LogP contribution in [0.2, 0.25) is 0 Å². The lowest BCUT2D eigenvalue weighted by Gasteiger charge is -2.17. The Balaban J connectivity index is 2.93. The van der Waals surface area contributed by atoms with Gasteiger partial charge in [0.1, 0.15) is 5.75 Å². The first-order valence-electron chi connectivity index (χ1n) is 7.55. The number of nitrogens with one attached hydrogen (secondary N) is 1. The van der Waals surface area contributed by atoms with Gasteiger partial charge in [-0.2, -0.15) is 0 Å². The molecule has 1 aromatic rings. The van der Waals surface area contributed by atoms with Crippen molar-refractivity contribution in [1.82, 2.24) is 0 Å². The van der Waals surface area contributed by atoms with Gasteiger partial charge in [0.2, 0.25) is 5.91 Å². The van der Waals surface area contributed by atoms with Crippen LogP contribution in [0, 0.1) is 11.8 Å². The molecule has 21 heavy (non-hydrogen) atoms. The van der Waals surface area contributed by atoms with E-state index in [2.05, 4.69) is 41.2 Å². The third kappa shape index (κ3) is 5.70. The number of anilines is 1. The van der Waals surface area contributed by atoms with Gasteiger partial charge in [0.25, 0.3) is 0 Å². The molecule has 0 aromatic heterocycles. The minimum absolute atomic E-state index is 0.00394. The molecular weight excluding hydrogens is 330 g/mol. The number of ether oxygens (including phenoxy) is 1.